The van der Waals surface area contributed by atoms with Gasteiger partial charge in [-0.05, 0) is 43.4 Å². The summed E-state index contributed by atoms with van der Waals surface area (Å²) in [7, 11) is 0. The number of hydrogen-bond donors (Lipinski definition) is 0. The van der Waals surface area contributed by atoms with Crippen LogP contribution in [0.1, 0.15) is 24.6 Å². The standard InChI is InChI=1S/C24H24N4S/c1-16-10-13-28(14-11-16)23-21-20(18-7-4-3-5-8-18)17(2)29-24(21)27-22(26-23)19-9-6-12-25-15-19/h3-9,12,15-16H,10-11,13-14H2,1-2H3. The largest absolute Gasteiger partial charge is 0.356 e. The van der Waals surface area contributed by atoms with E-state index in [9.17, 15) is 0 Å². The van der Waals surface area contributed by atoms with Crippen molar-refractivity contribution in [2.45, 2.75) is 26.7 Å². The lowest BCUT2D eigenvalue weighted by Crippen LogP contribution is -2.33. The number of aromatic nitrogens is 3. The first-order chi connectivity index (χ1) is 14.2. The monoisotopic (exact) mass is 400 g/mol. The maximum absolute atomic E-state index is 5.10. The first kappa shape index (κ1) is 18.3. The highest BCUT2D eigenvalue weighted by Crippen LogP contribution is 2.43. The number of aryl methyl sites for hydroxylation is 1. The van der Waals surface area contributed by atoms with Gasteiger partial charge in [0.05, 0.1) is 5.39 Å². The van der Waals surface area contributed by atoms with E-state index in [2.05, 4.69) is 54.1 Å². The SMILES string of the molecule is Cc1sc2nc(-c3cccnc3)nc(N3CCC(C)CC3)c2c1-c1ccccc1. The molecular weight excluding hydrogens is 376 g/mol. The molecule has 0 amide bonds. The van der Waals surface area contributed by atoms with E-state index in [1.54, 1.807) is 17.5 Å². The lowest BCUT2D eigenvalue weighted by molar-refractivity contribution is 0.437. The molecule has 146 valence electrons. The fourth-order valence-corrected chi connectivity index (χ4v) is 5.16. The summed E-state index contributed by atoms with van der Waals surface area (Å²) in [6.45, 7) is 6.63. The Hall–Kier alpha value is -2.79. The zero-order valence-corrected chi connectivity index (χ0v) is 17.6. The molecule has 4 aromatic rings. The van der Waals surface area contributed by atoms with Gasteiger partial charge < -0.3 is 4.90 Å². The Morgan fingerprint density at radius 3 is 2.45 bits per heavy atom. The Morgan fingerprint density at radius 1 is 0.966 bits per heavy atom. The average molecular weight is 401 g/mol. The van der Waals surface area contributed by atoms with Crippen molar-refractivity contribution < 1.29 is 0 Å². The summed E-state index contributed by atoms with van der Waals surface area (Å²) in [5.74, 6) is 2.61. The quantitative estimate of drug-likeness (QED) is 0.425. The molecule has 0 N–H and O–H groups in total. The predicted octanol–water partition coefficient (Wildman–Crippen LogP) is 5.97. The van der Waals surface area contributed by atoms with Gasteiger partial charge in [0.2, 0.25) is 0 Å². The summed E-state index contributed by atoms with van der Waals surface area (Å²) in [4.78, 5) is 19.1. The Labute approximate surface area is 175 Å². The maximum Gasteiger partial charge on any atom is 0.164 e. The lowest BCUT2D eigenvalue weighted by Gasteiger charge is -2.32. The van der Waals surface area contributed by atoms with Gasteiger partial charge in [0, 0.05) is 41.5 Å². The Balaban J connectivity index is 1.75. The summed E-state index contributed by atoms with van der Waals surface area (Å²) < 4.78 is 0. The highest BCUT2D eigenvalue weighted by Gasteiger charge is 2.25. The maximum atomic E-state index is 5.10. The molecule has 1 aromatic carbocycles. The summed E-state index contributed by atoms with van der Waals surface area (Å²) in [5, 5.41) is 1.20. The van der Waals surface area contributed by atoms with Crippen molar-refractivity contribution in [1.82, 2.24) is 15.0 Å². The number of pyridine rings is 1. The van der Waals surface area contributed by atoms with Crippen LogP contribution in [0.4, 0.5) is 5.82 Å². The van der Waals surface area contributed by atoms with Crippen LogP contribution >= 0.6 is 11.3 Å². The van der Waals surface area contributed by atoms with Gasteiger partial charge in [-0.15, -0.1) is 11.3 Å². The Kier molecular flexibility index (Phi) is 4.76. The van der Waals surface area contributed by atoms with Crippen LogP contribution in [0.25, 0.3) is 32.7 Å². The summed E-state index contributed by atoms with van der Waals surface area (Å²) in [6.07, 6.45) is 6.05. The van der Waals surface area contributed by atoms with Gasteiger partial charge in [-0.2, -0.15) is 0 Å². The predicted molar refractivity (Wildman–Crippen MR) is 121 cm³/mol. The Morgan fingerprint density at radius 2 is 1.72 bits per heavy atom. The lowest BCUT2D eigenvalue weighted by atomic mass is 9.98. The second kappa shape index (κ2) is 7.56. The minimum absolute atomic E-state index is 0.764. The van der Waals surface area contributed by atoms with Crippen LogP contribution in [0.2, 0.25) is 0 Å². The molecule has 4 nitrogen and oxygen atoms in total. The molecule has 1 aliphatic heterocycles. The van der Waals surface area contributed by atoms with Gasteiger partial charge in [0.25, 0.3) is 0 Å². The van der Waals surface area contributed by atoms with Gasteiger partial charge in [-0.3, -0.25) is 4.98 Å². The van der Waals surface area contributed by atoms with Crippen molar-refractivity contribution in [3.63, 3.8) is 0 Å². The number of fused-ring (bicyclic) bond motifs is 1. The molecule has 0 aliphatic carbocycles. The smallest absolute Gasteiger partial charge is 0.164 e. The van der Waals surface area contributed by atoms with E-state index >= 15 is 0 Å². The highest BCUT2D eigenvalue weighted by atomic mass is 32.1. The van der Waals surface area contributed by atoms with Crippen LogP contribution in [0, 0.1) is 12.8 Å². The van der Waals surface area contributed by atoms with Crippen LogP contribution in [0.3, 0.4) is 0 Å². The molecule has 29 heavy (non-hydrogen) atoms. The molecule has 0 radical (unpaired) electrons. The van der Waals surface area contributed by atoms with Crippen LogP contribution in [0.5, 0.6) is 0 Å². The number of anilines is 1. The number of rotatable bonds is 3. The second-order valence-corrected chi connectivity index (χ2v) is 9.06. The number of benzene rings is 1. The average Bonchev–Trinajstić information content (AvgIpc) is 3.10. The van der Waals surface area contributed by atoms with Crippen molar-refractivity contribution >= 4 is 27.4 Å². The van der Waals surface area contributed by atoms with Crippen molar-refractivity contribution in [3.8, 4) is 22.5 Å². The van der Waals surface area contributed by atoms with E-state index < -0.39 is 0 Å². The van der Waals surface area contributed by atoms with Crippen LogP contribution in [0.15, 0.2) is 54.9 Å². The van der Waals surface area contributed by atoms with Gasteiger partial charge >= 0.3 is 0 Å². The second-order valence-electron chi connectivity index (χ2n) is 7.86. The van der Waals surface area contributed by atoms with Crippen molar-refractivity contribution in [2.24, 2.45) is 5.92 Å². The minimum atomic E-state index is 0.764. The Bertz CT molecular complexity index is 1130. The molecule has 5 rings (SSSR count). The fourth-order valence-electron chi connectivity index (χ4n) is 4.12. The summed E-state index contributed by atoms with van der Waals surface area (Å²) in [5.41, 5.74) is 3.48. The number of hydrogen-bond acceptors (Lipinski definition) is 5. The molecule has 3 aromatic heterocycles. The number of nitrogens with zero attached hydrogens (tertiary/aromatic N) is 4. The number of thiophene rings is 1. The third-order valence-corrected chi connectivity index (χ3v) is 6.77. The van der Waals surface area contributed by atoms with Gasteiger partial charge in [0.15, 0.2) is 5.82 Å². The van der Waals surface area contributed by atoms with Crippen molar-refractivity contribution in [1.29, 1.82) is 0 Å². The molecule has 0 atom stereocenters. The zero-order chi connectivity index (χ0) is 19.8. The topological polar surface area (TPSA) is 41.9 Å². The van der Waals surface area contributed by atoms with E-state index in [0.717, 1.165) is 41.0 Å². The van der Waals surface area contributed by atoms with Gasteiger partial charge in [-0.25, -0.2) is 9.97 Å². The molecule has 1 saturated heterocycles. The van der Waals surface area contributed by atoms with E-state index in [0.29, 0.717) is 0 Å². The van der Waals surface area contributed by atoms with E-state index in [1.807, 2.05) is 18.3 Å². The van der Waals surface area contributed by atoms with E-state index in [1.165, 1.54) is 34.2 Å². The molecule has 5 heteroatoms. The molecule has 0 bridgehead atoms. The van der Waals surface area contributed by atoms with E-state index in [-0.39, 0.29) is 0 Å². The van der Waals surface area contributed by atoms with Crippen LogP contribution in [-0.2, 0) is 0 Å². The summed E-state index contributed by atoms with van der Waals surface area (Å²) in [6, 6.07) is 14.6. The van der Waals surface area contributed by atoms with E-state index in [4.69, 9.17) is 9.97 Å². The first-order valence-electron chi connectivity index (χ1n) is 10.2. The normalized spacial score (nSPS) is 15.2. The van der Waals surface area contributed by atoms with Crippen LogP contribution in [-0.4, -0.2) is 28.0 Å². The summed E-state index contributed by atoms with van der Waals surface area (Å²) >= 11 is 1.76. The highest BCUT2D eigenvalue weighted by molar-refractivity contribution is 7.19. The number of piperidine rings is 1. The third kappa shape index (κ3) is 3.40. The first-order valence-corrected chi connectivity index (χ1v) is 11.0. The van der Waals surface area contributed by atoms with Crippen LogP contribution < -0.4 is 4.90 Å². The zero-order valence-electron chi connectivity index (χ0n) is 16.8. The third-order valence-electron chi connectivity index (χ3n) is 5.77. The molecule has 0 unspecified atom stereocenters. The van der Waals surface area contributed by atoms with Crippen molar-refractivity contribution in [3.05, 3.63) is 59.7 Å². The molecule has 0 spiro atoms. The fraction of sp³-hybridized carbons (Fsp3) is 0.292. The molecule has 1 fully saturated rings. The molecule has 4 heterocycles. The minimum Gasteiger partial charge on any atom is -0.356 e. The molecule has 1 aliphatic rings. The van der Waals surface area contributed by atoms with Crippen molar-refractivity contribution in [2.75, 3.05) is 18.0 Å². The van der Waals surface area contributed by atoms with Gasteiger partial charge in [0.1, 0.15) is 10.6 Å². The molecular formula is C24H24N4S. The van der Waals surface area contributed by atoms with Gasteiger partial charge in [-0.1, -0.05) is 37.3 Å². The molecule has 0 saturated carbocycles.